The first-order chi connectivity index (χ1) is 9.97. The maximum atomic E-state index is 12.3. The lowest BCUT2D eigenvalue weighted by atomic mass is 9.83. The van der Waals surface area contributed by atoms with Crippen molar-refractivity contribution in [2.24, 2.45) is 5.92 Å². The predicted molar refractivity (Wildman–Crippen MR) is 74.2 cm³/mol. The maximum absolute atomic E-state index is 12.3. The second-order valence-electron chi connectivity index (χ2n) is 4.85. The first-order valence-corrected chi connectivity index (χ1v) is 6.64. The fraction of sp³-hybridized carbons (Fsp3) is 0.250. The van der Waals surface area contributed by atoms with E-state index in [1.54, 1.807) is 19.1 Å². The van der Waals surface area contributed by atoms with E-state index in [1.165, 1.54) is 12.1 Å². The van der Waals surface area contributed by atoms with E-state index in [0.717, 1.165) is 6.08 Å². The van der Waals surface area contributed by atoms with Crippen LogP contribution in [0.2, 0.25) is 0 Å². The minimum absolute atomic E-state index is 0.0759. The smallest absolute Gasteiger partial charge is 0.310 e. The minimum Gasteiger partial charge on any atom is -0.481 e. The minimum atomic E-state index is -1.11. The third-order valence-electron chi connectivity index (χ3n) is 3.40. The summed E-state index contributed by atoms with van der Waals surface area (Å²) in [6, 6.07) is 6.05. The Labute approximate surface area is 121 Å². The Bertz CT molecular complexity index is 669. The number of benzene rings is 1. The number of ketones is 3. The van der Waals surface area contributed by atoms with E-state index in [9.17, 15) is 19.2 Å². The van der Waals surface area contributed by atoms with Gasteiger partial charge in [0.15, 0.2) is 5.78 Å². The zero-order chi connectivity index (χ0) is 15.6. The normalized spacial score (nSPS) is 17.8. The van der Waals surface area contributed by atoms with Crippen LogP contribution in [0.5, 0.6) is 0 Å². The van der Waals surface area contributed by atoms with Gasteiger partial charge in [-0.2, -0.15) is 0 Å². The highest BCUT2D eigenvalue weighted by atomic mass is 16.4. The first-order valence-electron chi connectivity index (χ1n) is 6.64. The fourth-order valence-corrected chi connectivity index (χ4v) is 2.31. The third kappa shape index (κ3) is 2.67. The Morgan fingerprint density at radius 2 is 1.67 bits per heavy atom. The fourth-order valence-electron chi connectivity index (χ4n) is 2.31. The number of carboxylic acid groups (broad SMARTS) is 1. The number of carboxylic acids is 1. The summed E-state index contributed by atoms with van der Waals surface area (Å²) < 4.78 is 0. The van der Waals surface area contributed by atoms with Crippen molar-refractivity contribution in [1.29, 1.82) is 0 Å². The second-order valence-corrected chi connectivity index (χ2v) is 4.85. The molecular formula is C16H14O5. The van der Waals surface area contributed by atoms with E-state index in [2.05, 4.69) is 0 Å². The molecule has 0 amide bonds. The molecular weight excluding hydrogens is 272 g/mol. The number of allylic oxidation sites excluding steroid dienone is 1. The Morgan fingerprint density at radius 1 is 1.10 bits per heavy atom. The molecule has 0 saturated heterocycles. The number of Topliss-reactive ketones (excluding diaryl/α,β-unsaturated/α-hetero) is 3. The van der Waals surface area contributed by atoms with E-state index in [0.29, 0.717) is 12.8 Å². The van der Waals surface area contributed by atoms with Gasteiger partial charge in [-0.1, -0.05) is 43.7 Å². The average Bonchev–Trinajstić information content (AvgIpc) is 2.48. The van der Waals surface area contributed by atoms with E-state index in [-0.39, 0.29) is 16.7 Å². The number of hydrogen-bond acceptors (Lipinski definition) is 4. The number of hydrogen-bond donors (Lipinski definition) is 1. The van der Waals surface area contributed by atoms with Gasteiger partial charge in [0.05, 0.1) is 11.5 Å². The van der Waals surface area contributed by atoms with Crippen LogP contribution in [0.1, 0.15) is 40.5 Å². The monoisotopic (exact) mass is 286 g/mol. The molecule has 108 valence electrons. The van der Waals surface area contributed by atoms with Gasteiger partial charge in [-0.15, -0.1) is 0 Å². The van der Waals surface area contributed by atoms with Crippen LogP contribution >= 0.6 is 0 Å². The van der Waals surface area contributed by atoms with E-state index >= 15 is 0 Å². The number of carbonyl (C=O) groups is 4. The van der Waals surface area contributed by atoms with Crippen LogP contribution in [-0.2, 0) is 9.59 Å². The summed E-state index contributed by atoms with van der Waals surface area (Å²) in [4.78, 5) is 47.5. The zero-order valence-electron chi connectivity index (χ0n) is 11.5. The Kier molecular flexibility index (Phi) is 4.12. The quantitative estimate of drug-likeness (QED) is 0.520. The molecule has 5 nitrogen and oxygen atoms in total. The molecule has 1 aliphatic carbocycles. The molecule has 0 bridgehead atoms. The van der Waals surface area contributed by atoms with Gasteiger partial charge in [-0.3, -0.25) is 19.2 Å². The van der Waals surface area contributed by atoms with Crippen molar-refractivity contribution in [2.45, 2.75) is 19.8 Å². The predicted octanol–water partition coefficient (Wildman–Crippen LogP) is 2.06. The Balaban J connectivity index is 2.51. The number of rotatable bonds is 4. The lowest BCUT2D eigenvalue weighted by Crippen LogP contribution is -2.31. The summed E-state index contributed by atoms with van der Waals surface area (Å²) in [7, 11) is 0. The average molecular weight is 286 g/mol. The van der Waals surface area contributed by atoms with Gasteiger partial charge in [0.2, 0.25) is 11.6 Å². The molecule has 1 N–H and O–H groups in total. The van der Waals surface area contributed by atoms with E-state index in [4.69, 9.17) is 5.11 Å². The van der Waals surface area contributed by atoms with E-state index < -0.39 is 29.2 Å². The molecule has 1 aliphatic rings. The molecule has 0 radical (unpaired) electrons. The first kappa shape index (κ1) is 14.8. The molecule has 21 heavy (non-hydrogen) atoms. The molecule has 1 unspecified atom stereocenters. The lowest BCUT2D eigenvalue weighted by molar-refractivity contribution is -0.140. The molecule has 5 heteroatoms. The molecule has 0 fully saturated rings. The van der Waals surface area contributed by atoms with Crippen LogP contribution in [-0.4, -0.2) is 28.4 Å². The van der Waals surface area contributed by atoms with Gasteiger partial charge in [-0.05, 0) is 6.42 Å². The summed E-state index contributed by atoms with van der Waals surface area (Å²) >= 11 is 0. The van der Waals surface area contributed by atoms with Crippen molar-refractivity contribution < 1.29 is 24.3 Å². The number of fused-ring (bicyclic) bond motifs is 1. The van der Waals surface area contributed by atoms with Gasteiger partial charge >= 0.3 is 5.97 Å². The summed E-state index contributed by atoms with van der Waals surface area (Å²) in [5, 5.41) is 9.12. The number of carbonyl (C=O) groups excluding carboxylic acids is 3. The molecule has 0 heterocycles. The summed E-state index contributed by atoms with van der Waals surface area (Å²) in [6.45, 7) is 1.80. The molecule has 0 aliphatic heterocycles. The van der Waals surface area contributed by atoms with Crippen molar-refractivity contribution in [1.82, 2.24) is 0 Å². The topological polar surface area (TPSA) is 88.5 Å². The molecule has 1 aromatic carbocycles. The summed E-state index contributed by atoms with van der Waals surface area (Å²) in [5.41, 5.74) is -0.111. The Hall–Kier alpha value is -2.56. The molecule has 1 aromatic rings. The second kappa shape index (κ2) is 5.83. The largest absolute Gasteiger partial charge is 0.481 e. The molecule has 0 spiro atoms. The van der Waals surface area contributed by atoms with Gasteiger partial charge in [0, 0.05) is 11.1 Å². The van der Waals surface area contributed by atoms with E-state index in [1.807, 2.05) is 0 Å². The maximum Gasteiger partial charge on any atom is 0.310 e. The van der Waals surface area contributed by atoms with Crippen LogP contribution in [0.3, 0.4) is 0 Å². The van der Waals surface area contributed by atoms with Gasteiger partial charge in [0.25, 0.3) is 0 Å². The summed E-state index contributed by atoms with van der Waals surface area (Å²) in [5.74, 6) is -4.34. The van der Waals surface area contributed by atoms with Gasteiger partial charge in [-0.25, -0.2) is 0 Å². The molecule has 1 atom stereocenters. The molecule has 0 saturated carbocycles. The standard InChI is InChI=1S/C16H14O5/c1-2-5-9(16(20)21)8-12-13(17)10-6-3-4-7-11(10)14(18)15(12)19/h3-4,6-9H,2,5H2,1H3,(H,20,21)/b12-8+. The number of aliphatic carboxylic acids is 1. The van der Waals surface area contributed by atoms with Crippen molar-refractivity contribution in [2.75, 3.05) is 0 Å². The highest BCUT2D eigenvalue weighted by molar-refractivity contribution is 6.59. The van der Waals surface area contributed by atoms with Gasteiger partial charge < -0.3 is 5.11 Å². The lowest BCUT2D eigenvalue weighted by Gasteiger charge is -2.16. The SMILES string of the molecule is CCCC(/C=C1/C(=O)C(=O)c2ccccc2C1=O)C(=O)O. The van der Waals surface area contributed by atoms with Gasteiger partial charge in [0.1, 0.15) is 0 Å². The van der Waals surface area contributed by atoms with Crippen molar-refractivity contribution in [3.63, 3.8) is 0 Å². The molecule has 2 rings (SSSR count). The van der Waals surface area contributed by atoms with Crippen molar-refractivity contribution in [3.8, 4) is 0 Å². The van der Waals surface area contributed by atoms with Crippen LogP contribution in [0.15, 0.2) is 35.9 Å². The van der Waals surface area contributed by atoms with Crippen molar-refractivity contribution >= 4 is 23.3 Å². The van der Waals surface area contributed by atoms with Crippen molar-refractivity contribution in [3.05, 3.63) is 47.0 Å². The Morgan fingerprint density at radius 3 is 2.19 bits per heavy atom. The highest BCUT2D eigenvalue weighted by Crippen LogP contribution is 2.24. The van der Waals surface area contributed by atoms with Crippen LogP contribution < -0.4 is 0 Å². The zero-order valence-corrected chi connectivity index (χ0v) is 11.5. The van der Waals surface area contributed by atoms with Crippen LogP contribution in [0.4, 0.5) is 0 Å². The van der Waals surface area contributed by atoms with Crippen LogP contribution in [0.25, 0.3) is 0 Å². The van der Waals surface area contributed by atoms with Crippen LogP contribution in [0, 0.1) is 5.92 Å². The third-order valence-corrected chi connectivity index (χ3v) is 3.40. The highest BCUT2D eigenvalue weighted by Gasteiger charge is 2.36. The summed E-state index contributed by atoms with van der Waals surface area (Å²) in [6.07, 6.45) is 2.01. The molecule has 0 aromatic heterocycles.